The molecule has 14 heavy (non-hydrogen) atoms. The summed E-state index contributed by atoms with van der Waals surface area (Å²) in [5.41, 5.74) is 13.5. The largest absolute Gasteiger partial charge is 0.397 e. The van der Waals surface area contributed by atoms with Gasteiger partial charge in [-0.15, -0.1) is 24.8 Å². The summed E-state index contributed by atoms with van der Waals surface area (Å²) in [6.45, 7) is 0. The highest BCUT2D eigenvalue weighted by Gasteiger charge is 2.00. The molecular weight excluding hydrogens is 221 g/mol. The number of hydrogen-bond acceptors (Lipinski definition) is 3. The summed E-state index contributed by atoms with van der Waals surface area (Å²) in [5.74, 6) is 0. The topological polar surface area (TPSA) is 64.9 Å². The number of anilines is 2. The summed E-state index contributed by atoms with van der Waals surface area (Å²) >= 11 is 0. The van der Waals surface area contributed by atoms with Gasteiger partial charge >= 0.3 is 0 Å². The minimum absolute atomic E-state index is 0. The van der Waals surface area contributed by atoms with Crippen LogP contribution in [0.5, 0.6) is 0 Å². The Bertz CT molecular complexity index is 431. The monoisotopic (exact) mass is 231 g/mol. The van der Waals surface area contributed by atoms with Crippen molar-refractivity contribution in [3.05, 3.63) is 30.5 Å². The predicted octanol–water partition coefficient (Wildman–Crippen LogP) is 2.24. The highest BCUT2D eigenvalue weighted by Crippen LogP contribution is 2.24. The van der Waals surface area contributed by atoms with Gasteiger partial charge in [-0.3, -0.25) is 4.98 Å². The van der Waals surface area contributed by atoms with Crippen molar-refractivity contribution in [3.8, 4) is 0 Å². The Hall–Kier alpha value is -1.19. The minimum atomic E-state index is 0. The molecule has 1 aromatic heterocycles. The van der Waals surface area contributed by atoms with Crippen LogP contribution in [0.1, 0.15) is 0 Å². The van der Waals surface area contributed by atoms with Gasteiger partial charge in [-0.05, 0) is 24.3 Å². The van der Waals surface area contributed by atoms with Gasteiger partial charge in [0.25, 0.3) is 0 Å². The predicted molar refractivity (Wildman–Crippen MR) is 65.1 cm³/mol. The lowest BCUT2D eigenvalue weighted by molar-refractivity contribution is 1.41. The molecule has 2 rings (SSSR count). The zero-order valence-electron chi connectivity index (χ0n) is 7.31. The SMILES string of the molecule is Cl.Cl.Nc1ccc2ncccc2c1N. The molecule has 0 aliphatic rings. The summed E-state index contributed by atoms with van der Waals surface area (Å²) in [6, 6.07) is 7.39. The zero-order valence-corrected chi connectivity index (χ0v) is 8.94. The van der Waals surface area contributed by atoms with Crippen LogP contribution in [-0.2, 0) is 0 Å². The van der Waals surface area contributed by atoms with E-state index in [0.29, 0.717) is 11.4 Å². The number of hydrogen-bond donors (Lipinski definition) is 2. The summed E-state index contributed by atoms with van der Waals surface area (Å²) in [5, 5.41) is 0.914. The van der Waals surface area contributed by atoms with Crippen LogP contribution in [0.4, 0.5) is 11.4 Å². The van der Waals surface area contributed by atoms with Crippen LogP contribution in [0, 0.1) is 0 Å². The molecule has 0 unspecified atom stereocenters. The Labute approximate surface area is 94.3 Å². The van der Waals surface area contributed by atoms with Crippen LogP contribution >= 0.6 is 24.8 Å². The number of nitrogens with two attached hydrogens (primary N) is 2. The highest BCUT2D eigenvalue weighted by molar-refractivity contribution is 5.96. The number of nitrogens with zero attached hydrogens (tertiary/aromatic N) is 1. The maximum absolute atomic E-state index is 5.75. The van der Waals surface area contributed by atoms with Gasteiger partial charge in [-0.25, -0.2) is 0 Å². The molecule has 0 radical (unpaired) electrons. The summed E-state index contributed by atoms with van der Waals surface area (Å²) < 4.78 is 0. The van der Waals surface area contributed by atoms with Crippen LogP contribution in [0.2, 0.25) is 0 Å². The molecule has 1 aromatic carbocycles. The molecule has 0 aliphatic carbocycles. The fourth-order valence-corrected chi connectivity index (χ4v) is 1.19. The first-order chi connectivity index (χ1) is 5.79. The number of benzene rings is 1. The van der Waals surface area contributed by atoms with Gasteiger partial charge in [0, 0.05) is 11.6 Å². The van der Waals surface area contributed by atoms with E-state index in [1.807, 2.05) is 18.2 Å². The fraction of sp³-hybridized carbons (Fsp3) is 0. The molecule has 3 nitrogen and oxygen atoms in total. The van der Waals surface area contributed by atoms with E-state index in [1.165, 1.54) is 0 Å². The van der Waals surface area contributed by atoms with E-state index in [2.05, 4.69) is 4.98 Å². The van der Waals surface area contributed by atoms with Crippen LogP contribution < -0.4 is 11.5 Å². The smallest absolute Gasteiger partial charge is 0.0724 e. The molecule has 0 atom stereocenters. The number of aromatic nitrogens is 1. The standard InChI is InChI=1S/C9H9N3.2ClH/c10-7-3-4-8-6(9(7)11)2-1-5-12-8;;/h1-5H,10-11H2;2*1H. The molecule has 1 heterocycles. The average Bonchev–Trinajstić information content (AvgIpc) is 2.12. The lowest BCUT2D eigenvalue weighted by atomic mass is 10.1. The molecule has 76 valence electrons. The van der Waals surface area contributed by atoms with E-state index in [-0.39, 0.29) is 24.8 Å². The average molecular weight is 232 g/mol. The summed E-state index contributed by atoms with van der Waals surface area (Å²) in [7, 11) is 0. The quantitative estimate of drug-likeness (QED) is 0.684. The Morgan fingerprint density at radius 2 is 1.71 bits per heavy atom. The van der Waals surface area contributed by atoms with Gasteiger partial charge in [-0.1, -0.05) is 0 Å². The van der Waals surface area contributed by atoms with Crippen molar-refractivity contribution >= 4 is 47.1 Å². The molecule has 0 fully saturated rings. The van der Waals surface area contributed by atoms with E-state index in [4.69, 9.17) is 11.5 Å². The van der Waals surface area contributed by atoms with Gasteiger partial charge in [-0.2, -0.15) is 0 Å². The van der Waals surface area contributed by atoms with Crippen LogP contribution in [-0.4, -0.2) is 4.98 Å². The highest BCUT2D eigenvalue weighted by atomic mass is 35.5. The molecule has 4 N–H and O–H groups in total. The van der Waals surface area contributed by atoms with Gasteiger partial charge < -0.3 is 11.5 Å². The molecule has 2 aromatic rings. The number of nitrogen functional groups attached to an aromatic ring is 2. The zero-order chi connectivity index (χ0) is 8.55. The molecule has 0 bridgehead atoms. The van der Waals surface area contributed by atoms with Gasteiger partial charge in [0.2, 0.25) is 0 Å². The molecular formula is C9H11Cl2N3. The maximum Gasteiger partial charge on any atom is 0.0724 e. The Morgan fingerprint density at radius 3 is 2.43 bits per heavy atom. The Kier molecular flexibility index (Phi) is 4.47. The third-order valence-electron chi connectivity index (χ3n) is 1.86. The van der Waals surface area contributed by atoms with Crippen molar-refractivity contribution in [2.45, 2.75) is 0 Å². The number of halogens is 2. The molecule has 5 heteroatoms. The van der Waals surface area contributed by atoms with Crippen molar-refractivity contribution in [2.24, 2.45) is 0 Å². The van der Waals surface area contributed by atoms with E-state index in [9.17, 15) is 0 Å². The van der Waals surface area contributed by atoms with Crippen molar-refractivity contribution in [1.29, 1.82) is 0 Å². The van der Waals surface area contributed by atoms with Crippen molar-refractivity contribution in [1.82, 2.24) is 4.98 Å². The third-order valence-corrected chi connectivity index (χ3v) is 1.86. The van der Waals surface area contributed by atoms with Crippen LogP contribution in [0.15, 0.2) is 30.5 Å². The van der Waals surface area contributed by atoms with Crippen molar-refractivity contribution in [3.63, 3.8) is 0 Å². The number of rotatable bonds is 0. The van der Waals surface area contributed by atoms with E-state index >= 15 is 0 Å². The van der Waals surface area contributed by atoms with Crippen molar-refractivity contribution in [2.75, 3.05) is 11.5 Å². The Balaban J connectivity index is 0.000000845. The first kappa shape index (κ1) is 12.8. The fourth-order valence-electron chi connectivity index (χ4n) is 1.19. The lowest BCUT2D eigenvalue weighted by Gasteiger charge is -2.02. The molecule has 0 saturated heterocycles. The van der Waals surface area contributed by atoms with Crippen LogP contribution in [0.25, 0.3) is 10.9 Å². The molecule has 0 spiro atoms. The summed E-state index contributed by atoms with van der Waals surface area (Å²) in [4.78, 5) is 4.15. The first-order valence-corrected chi connectivity index (χ1v) is 3.68. The van der Waals surface area contributed by atoms with E-state index < -0.39 is 0 Å². The second kappa shape index (κ2) is 4.88. The third kappa shape index (κ3) is 2.00. The first-order valence-electron chi connectivity index (χ1n) is 3.68. The Morgan fingerprint density at radius 1 is 1.00 bits per heavy atom. The second-order valence-corrected chi connectivity index (χ2v) is 2.64. The summed E-state index contributed by atoms with van der Waals surface area (Å²) in [6.07, 6.45) is 1.73. The normalized spacial score (nSPS) is 8.86. The second-order valence-electron chi connectivity index (χ2n) is 2.64. The lowest BCUT2D eigenvalue weighted by Crippen LogP contribution is -1.95. The molecule has 0 aliphatic heterocycles. The number of fused-ring (bicyclic) bond motifs is 1. The van der Waals surface area contributed by atoms with Gasteiger partial charge in [0.1, 0.15) is 0 Å². The number of pyridine rings is 1. The van der Waals surface area contributed by atoms with Gasteiger partial charge in [0.15, 0.2) is 0 Å². The van der Waals surface area contributed by atoms with Crippen LogP contribution in [0.3, 0.4) is 0 Å². The molecule has 0 amide bonds. The van der Waals surface area contributed by atoms with Gasteiger partial charge in [0.05, 0.1) is 16.9 Å². The maximum atomic E-state index is 5.75. The van der Waals surface area contributed by atoms with Crippen molar-refractivity contribution < 1.29 is 0 Å². The molecule has 0 saturated carbocycles. The van der Waals surface area contributed by atoms with E-state index in [0.717, 1.165) is 10.9 Å². The minimum Gasteiger partial charge on any atom is -0.397 e. The van der Waals surface area contributed by atoms with E-state index in [1.54, 1.807) is 12.3 Å².